The monoisotopic (exact) mass is 161 g/mol. The first-order valence-electron chi connectivity index (χ1n) is 4.29. The molecule has 1 N–H and O–H groups in total. The Bertz CT molecular complexity index is 290. The highest BCUT2D eigenvalue weighted by atomic mass is 16.4. The zero-order chi connectivity index (χ0) is 8.55. The Balaban J connectivity index is 2.40. The fourth-order valence-corrected chi connectivity index (χ4v) is 1.61. The number of rotatable bonds is 0. The molecule has 1 aromatic carbocycles. The second kappa shape index (κ2) is 2.83. The van der Waals surface area contributed by atoms with Crippen LogP contribution >= 0.6 is 0 Å². The van der Waals surface area contributed by atoms with Crippen LogP contribution in [0.15, 0.2) is 24.3 Å². The number of benzene rings is 1. The first kappa shape index (κ1) is 7.68. The van der Waals surface area contributed by atoms with Crippen molar-refractivity contribution in [1.82, 2.24) is 5.23 Å². The van der Waals surface area contributed by atoms with E-state index in [0.717, 1.165) is 5.75 Å². The minimum absolute atomic E-state index is 0.120. The average molecular weight is 161 g/mol. The van der Waals surface area contributed by atoms with E-state index in [1.807, 2.05) is 25.0 Å². The molecule has 1 aliphatic rings. The number of hydrogen-bond acceptors (Lipinski definition) is 2. The highest BCUT2D eigenvalue weighted by Crippen LogP contribution is 2.28. The van der Waals surface area contributed by atoms with Gasteiger partial charge in [0.15, 0.2) is 0 Å². The molecule has 1 unspecified atom stereocenters. The van der Waals surface area contributed by atoms with Crippen LogP contribution in [0.1, 0.15) is 18.5 Å². The molecule has 0 saturated heterocycles. The van der Waals surface area contributed by atoms with Crippen molar-refractivity contribution in [2.24, 2.45) is 0 Å². The van der Waals surface area contributed by atoms with E-state index in [0.29, 0.717) is 6.04 Å². The smallest absolute Gasteiger partial charge is 0.443 e. The molecule has 1 aromatic rings. The van der Waals surface area contributed by atoms with E-state index in [9.17, 15) is 0 Å². The largest absolute Gasteiger partial charge is 0.546 e. The maximum atomic E-state index is 5.59. The average Bonchev–Trinajstić information content (AvgIpc) is 2.04. The zero-order valence-corrected chi connectivity index (χ0v) is 7.37. The summed E-state index contributed by atoms with van der Waals surface area (Å²) >= 11 is 0. The predicted octanol–water partition coefficient (Wildman–Crippen LogP) is 1.85. The number of para-hydroxylation sites is 1. The van der Waals surface area contributed by atoms with Crippen LogP contribution in [-0.4, -0.2) is 7.05 Å². The van der Waals surface area contributed by atoms with Crippen LogP contribution < -0.4 is 9.88 Å². The van der Waals surface area contributed by atoms with Crippen molar-refractivity contribution in [2.75, 3.05) is 0 Å². The third-order valence-electron chi connectivity index (χ3n) is 2.17. The normalized spacial score (nSPS) is 21.5. The van der Waals surface area contributed by atoms with Crippen molar-refractivity contribution in [1.29, 1.82) is 0 Å². The third kappa shape index (κ3) is 1.20. The fourth-order valence-electron chi connectivity index (χ4n) is 1.61. The first-order valence-corrected chi connectivity index (χ1v) is 4.29. The van der Waals surface area contributed by atoms with Crippen LogP contribution in [-0.2, 0) is 0 Å². The van der Waals surface area contributed by atoms with Crippen LogP contribution in [0.25, 0.3) is 0 Å². The van der Waals surface area contributed by atoms with Crippen LogP contribution in [0.4, 0.5) is 0 Å². The van der Waals surface area contributed by atoms with Crippen LogP contribution in [0.5, 0.6) is 5.75 Å². The van der Waals surface area contributed by atoms with Gasteiger partial charge in [-0.1, -0.05) is 18.2 Å². The van der Waals surface area contributed by atoms with Crippen LogP contribution in [0, 0.1) is 0 Å². The summed E-state index contributed by atoms with van der Waals surface area (Å²) in [5, 5.41) is 3.31. The maximum absolute atomic E-state index is 5.59. The van der Waals surface area contributed by atoms with E-state index < -0.39 is 0 Å². The SMILES string of the molecule is CB1NC(C)c2ccccc2O1. The molecule has 0 spiro atoms. The molecule has 0 bridgehead atoms. The van der Waals surface area contributed by atoms with Gasteiger partial charge in [-0.05, 0) is 19.8 Å². The summed E-state index contributed by atoms with van der Waals surface area (Å²) in [4.78, 5) is 0. The quantitative estimate of drug-likeness (QED) is 0.586. The van der Waals surface area contributed by atoms with Crippen LogP contribution in [0.3, 0.4) is 0 Å². The van der Waals surface area contributed by atoms with E-state index in [2.05, 4.69) is 18.2 Å². The van der Waals surface area contributed by atoms with Gasteiger partial charge in [-0.15, -0.1) is 0 Å². The van der Waals surface area contributed by atoms with E-state index in [1.165, 1.54) is 5.56 Å². The number of nitrogens with one attached hydrogen (secondary N) is 1. The van der Waals surface area contributed by atoms with Gasteiger partial charge in [-0.2, -0.15) is 0 Å². The molecule has 1 atom stereocenters. The highest BCUT2D eigenvalue weighted by molar-refractivity contribution is 6.48. The minimum Gasteiger partial charge on any atom is -0.546 e. The molecule has 2 rings (SSSR count). The molecule has 0 saturated carbocycles. The molecular formula is C9H12BNO. The summed E-state index contributed by atoms with van der Waals surface area (Å²) in [5.74, 6) is 1.01. The van der Waals surface area contributed by atoms with Crippen molar-refractivity contribution >= 4 is 7.05 Å². The van der Waals surface area contributed by atoms with E-state index in [-0.39, 0.29) is 7.05 Å². The van der Waals surface area contributed by atoms with Gasteiger partial charge in [-0.25, -0.2) is 0 Å². The van der Waals surface area contributed by atoms with Crippen molar-refractivity contribution in [3.8, 4) is 5.75 Å². The Hall–Kier alpha value is -0.955. The zero-order valence-electron chi connectivity index (χ0n) is 7.37. The van der Waals surface area contributed by atoms with Gasteiger partial charge >= 0.3 is 7.05 Å². The predicted molar refractivity (Wildman–Crippen MR) is 50.2 cm³/mol. The van der Waals surface area contributed by atoms with Crippen molar-refractivity contribution < 1.29 is 4.65 Å². The van der Waals surface area contributed by atoms with Gasteiger partial charge in [0, 0.05) is 11.6 Å². The molecule has 12 heavy (non-hydrogen) atoms. The molecular weight excluding hydrogens is 149 g/mol. The fraction of sp³-hybridized carbons (Fsp3) is 0.333. The Labute approximate surface area is 73.1 Å². The van der Waals surface area contributed by atoms with Gasteiger partial charge in [-0.3, -0.25) is 0 Å². The van der Waals surface area contributed by atoms with Crippen LogP contribution in [0.2, 0.25) is 6.82 Å². The van der Waals surface area contributed by atoms with Gasteiger partial charge in [0.1, 0.15) is 5.75 Å². The first-order chi connectivity index (χ1) is 5.77. The topological polar surface area (TPSA) is 21.3 Å². The van der Waals surface area contributed by atoms with Crippen molar-refractivity contribution in [3.05, 3.63) is 29.8 Å². The standard InChI is InChI=1S/C9H12BNO/c1-7-8-5-3-4-6-9(8)12-10(2)11-7/h3-7,11H,1-2H3. The maximum Gasteiger partial charge on any atom is 0.443 e. The number of fused-ring (bicyclic) bond motifs is 1. The summed E-state index contributed by atoms with van der Waals surface area (Å²) in [6, 6.07) is 8.55. The summed E-state index contributed by atoms with van der Waals surface area (Å²) in [6.45, 7) is 4.17. The van der Waals surface area contributed by atoms with Gasteiger partial charge in [0.2, 0.25) is 0 Å². The summed E-state index contributed by atoms with van der Waals surface area (Å²) < 4.78 is 5.59. The van der Waals surface area contributed by atoms with Gasteiger partial charge in [0.25, 0.3) is 0 Å². The van der Waals surface area contributed by atoms with Crippen molar-refractivity contribution in [2.45, 2.75) is 19.8 Å². The molecule has 0 fully saturated rings. The molecule has 0 aliphatic carbocycles. The molecule has 1 heterocycles. The summed E-state index contributed by atoms with van der Waals surface area (Å²) in [6.07, 6.45) is 0. The molecule has 1 aliphatic heterocycles. The Morgan fingerprint density at radius 1 is 1.42 bits per heavy atom. The van der Waals surface area contributed by atoms with Gasteiger partial charge in [0.05, 0.1) is 0 Å². The lowest BCUT2D eigenvalue weighted by atomic mass is 9.82. The number of hydrogen-bond donors (Lipinski definition) is 1. The lowest BCUT2D eigenvalue weighted by Gasteiger charge is -2.27. The van der Waals surface area contributed by atoms with E-state index in [1.54, 1.807) is 0 Å². The lowest BCUT2D eigenvalue weighted by molar-refractivity contribution is 0.486. The summed E-state index contributed by atoms with van der Waals surface area (Å²) in [5.41, 5.74) is 1.25. The Kier molecular flexibility index (Phi) is 1.81. The molecule has 0 radical (unpaired) electrons. The molecule has 0 aromatic heterocycles. The minimum atomic E-state index is 0.120. The van der Waals surface area contributed by atoms with E-state index in [4.69, 9.17) is 4.65 Å². The molecule has 2 nitrogen and oxygen atoms in total. The second-order valence-electron chi connectivity index (χ2n) is 3.19. The van der Waals surface area contributed by atoms with E-state index >= 15 is 0 Å². The second-order valence-corrected chi connectivity index (χ2v) is 3.19. The lowest BCUT2D eigenvalue weighted by Crippen LogP contribution is -2.42. The molecule has 3 heteroatoms. The van der Waals surface area contributed by atoms with Crippen molar-refractivity contribution in [3.63, 3.8) is 0 Å². The Morgan fingerprint density at radius 2 is 2.17 bits per heavy atom. The Morgan fingerprint density at radius 3 is 3.00 bits per heavy atom. The highest BCUT2D eigenvalue weighted by Gasteiger charge is 2.24. The van der Waals surface area contributed by atoms with Gasteiger partial charge < -0.3 is 9.88 Å². The summed E-state index contributed by atoms with van der Waals surface area (Å²) in [7, 11) is 0.120. The third-order valence-corrected chi connectivity index (χ3v) is 2.17. The molecule has 62 valence electrons. The molecule has 0 amide bonds.